The number of esters is 1. The first-order valence-corrected chi connectivity index (χ1v) is 12.0. The molecule has 0 unspecified atom stereocenters. The molecule has 0 saturated heterocycles. The number of ether oxygens (including phenoxy) is 1. The van der Waals surface area contributed by atoms with Gasteiger partial charge in [0.15, 0.2) is 0 Å². The first kappa shape index (κ1) is 23.6. The molecule has 0 saturated carbocycles. The lowest BCUT2D eigenvalue weighted by molar-refractivity contribution is -0.137. The summed E-state index contributed by atoms with van der Waals surface area (Å²) < 4.78 is 46.6. The topological polar surface area (TPSA) is 102 Å². The van der Waals surface area contributed by atoms with Gasteiger partial charge in [-0.2, -0.15) is 4.72 Å². The molecule has 2 aromatic carbocycles. The third kappa shape index (κ3) is 5.78. The zero-order valence-electron chi connectivity index (χ0n) is 17.2. The first-order valence-electron chi connectivity index (χ1n) is 9.61. The van der Waals surface area contributed by atoms with Crippen molar-refractivity contribution >= 4 is 38.9 Å². The van der Waals surface area contributed by atoms with Crippen molar-refractivity contribution < 1.29 is 27.1 Å². The number of carbonyl (C=O) groups excluding carboxylic acids is 2. The van der Waals surface area contributed by atoms with Crippen LogP contribution in [0, 0.1) is 11.7 Å². The van der Waals surface area contributed by atoms with E-state index in [2.05, 4.69) is 10.0 Å². The lowest BCUT2D eigenvalue weighted by Crippen LogP contribution is -2.46. The summed E-state index contributed by atoms with van der Waals surface area (Å²) in [5.74, 6) is -2.31. The summed E-state index contributed by atoms with van der Waals surface area (Å²) in [4.78, 5) is 24.8. The second-order valence-electron chi connectivity index (χ2n) is 7.15. The van der Waals surface area contributed by atoms with Crippen LogP contribution in [-0.2, 0) is 14.8 Å². The minimum absolute atomic E-state index is 0.167. The van der Waals surface area contributed by atoms with Crippen LogP contribution in [0.3, 0.4) is 0 Å². The Morgan fingerprint density at radius 2 is 1.69 bits per heavy atom. The van der Waals surface area contributed by atoms with Gasteiger partial charge in [-0.05, 0) is 53.8 Å². The molecule has 1 amide bonds. The molecule has 7 nitrogen and oxygen atoms in total. The van der Waals surface area contributed by atoms with E-state index < -0.39 is 38.7 Å². The average Bonchev–Trinajstić information content (AvgIpc) is 3.28. The van der Waals surface area contributed by atoms with E-state index >= 15 is 0 Å². The fourth-order valence-electron chi connectivity index (χ4n) is 2.74. The van der Waals surface area contributed by atoms with Crippen molar-refractivity contribution in [3.8, 4) is 5.75 Å². The molecule has 2 N–H and O–H groups in total. The van der Waals surface area contributed by atoms with Gasteiger partial charge in [0.2, 0.25) is 10.0 Å². The smallest absolute Gasteiger partial charge is 0.329 e. The largest absolute Gasteiger partial charge is 0.425 e. The predicted octanol–water partition coefficient (Wildman–Crippen LogP) is 4.05. The number of nitrogens with one attached hydrogen (secondary N) is 2. The van der Waals surface area contributed by atoms with E-state index in [-0.39, 0.29) is 11.7 Å². The van der Waals surface area contributed by atoms with Gasteiger partial charge >= 0.3 is 5.97 Å². The lowest BCUT2D eigenvalue weighted by atomic mass is 10.1. The van der Waals surface area contributed by atoms with Crippen LogP contribution >= 0.6 is 11.3 Å². The average molecular weight is 477 g/mol. The third-order valence-electron chi connectivity index (χ3n) is 4.40. The molecule has 1 aromatic heterocycles. The molecule has 0 spiro atoms. The van der Waals surface area contributed by atoms with Gasteiger partial charge < -0.3 is 10.1 Å². The summed E-state index contributed by atoms with van der Waals surface area (Å²) in [5.41, 5.74) is 0.504. The number of thiophene rings is 1. The van der Waals surface area contributed by atoms with Crippen LogP contribution in [0.2, 0.25) is 0 Å². The standard InChI is InChI=1S/C22H21FN2O5S2/c1-14(2)20(25-32(28,29)19-8-4-3-6-17(19)23)22(27)30-16-11-9-15(10-12-16)24-21(26)18-7-5-13-31-18/h3-14,20,25H,1-2H3,(H,24,26)/t20-/m0/s1. The van der Waals surface area contributed by atoms with E-state index in [1.807, 2.05) is 0 Å². The van der Waals surface area contributed by atoms with E-state index in [0.717, 1.165) is 12.1 Å². The molecule has 168 valence electrons. The normalized spacial score (nSPS) is 12.4. The number of halogens is 1. The Morgan fingerprint density at radius 1 is 1.00 bits per heavy atom. The Hall–Kier alpha value is -3.08. The van der Waals surface area contributed by atoms with Crippen LogP contribution < -0.4 is 14.8 Å². The lowest BCUT2D eigenvalue weighted by Gasteiger charge is -2.21. The Kier molecular flexibility index (Phi) is 7.39. The number of amides is 1. The highest BCUT2D eigenvalue weighted by molar-refractivity contribution is 7.89. The van der Waals surface area contributed by atoms with Crippen molar-refractivity contribution in [3.63, 3.8) is 0 Å². The summed E-state index contributed by atoms with van der Waals surface area (Å²) in [6.45, 7) is 3.28. The minimum atomic E-state index is -4.29. The van der Waals surface area contributed by atoms with E-state index in [9.17, 15) is 22.4 Å². The van der Waals surface area contributed by atoms with E-state index in [1.54, 1.807) is 43.5 Å². The molecule has 0 bridgehead atoms. The number of hydrogen-bond donors (Lipinski definition) is 2. The van der Waals surface area contributed by atoms with Crippen molar-refractivity contribution in [1.29, 1.82) is 0 Å². The van der Waals surface area contributed by atoms with Gasteiger partial charge in [0.1, 0.15) is 22.5 Å². The Balaban J connectivity index is 1.68. The van der Waals surface area contributed by atoms with E-state index in [1.165, 1.54) is 35.6 Å². The van der Waals surface area contributed by atoms with Crippen molar-refractivity contribution in [2.24, 2.45) is 5.92 Å². The minimum Gasteiger partial charge on any atom is -0.425 e. The first-order chi connectivity index (χ1) is 15.2. The Morgan fingerprint density at radius 3 is 2.28 bits per heavy atom. The maximum Gasteiger partial charge on any atom is 0.329 e. The molecule has 1 heterocycles. The fraction of sp³-hybridized carbons (Fsp3) is 0.182. The summed E-state index contributed by atoms with van der Waals surface area (Å²) in [6.07, 6.45) is 0. The van der Waals surface area contributed by atoms with Gasteiger partial charge in [-0.1, -0.05) is 32.0 Å². The quantitative estimate of drug-likeness (QED) is 0.377. The molecule has 32 heavy (non-hydrogen) atoms. The fourth-order valence-corrected chi connectivity index (χ4v) is 4.77. The summed E-state index contributed by atoms with van der Waals surface area (Å²) in [7, 11) is -4.29. The number of rotatable bonds is 8. The van der Waals surface area contributed by atoms with Crippen LogP contribution in [0.4, 0.5) is 10.1 Å². The second kappa shape index (κ2) is 10.0. The predicted molar refractivity (Wildman–Crippen MR) is 120 cm³/mol. The number of hydrogen-bond acceptors (Lipinski definition) is 6. The zero-order valence-corrected chi connectivity index (χ0v) is 18.9. The van der Waals surface area contributed by atoms with Gasteiger partial charge in [0.25, 0.3) is 5.91 Å². The van der Waals surface area contributed by atoms with E-state index in [0.29, 0.717) is 10.6 Å². The highest BCUT2D eigenvalue weighted by Gasteiger charge is 2.31. The van der Waals surface area contributed by atoms with Crippen molar-refractivity contribution in [2.75, 3.05) is 5.32 Å². The van der Waals surface area contributed by atoms with Crippen LogP contribution in [-0.4, -0.2) is 26.3 Å². The van der Waals surface area contributed by atoms with Gasteiger partial charge in [-0.25, -0.2) is 17.6 Å². The van der Waals surface area contributed by atoms with Gasteiger partial charge in [0.05, 0.1) is 4.88 Å². The van der Waals surface area contributed by atoms with Gasteiger partial charge in [-0.3, -0.25) is 4.79 Å². The molecule has 0 aliphatic rings. The third-order valence-corrected chi connectivity index (χ3v) is 6.75. The summed E-state index contributed by atoms with van der Waals surface area (Å²) >= 11 is 1.31. The van der Waals surface area contributed by atoms with E-state index in [4.69, 9.17) is 4.74 Å². The second-order valence-corrected chi connectivity index (χ2v) is 9.78. The summed E-state index contributed by atoms with van der Waals surface area (Å²) in [5, 5.41) is 4.52. The Labute approximate surface area is 189 Å². The van der Waals surface area contributed by atoms with Crippen LogP contribution in [0.5, 0.6) is 5.75 Å². The highest BCUT2D eigenvalue weighted by Crippen LogP contribution is 2.20. The molecule has 0 fully saturated rings. The van der Waals surface area contributed by atoms with Gasteiger partial charge in [0, 0.05) is 5.69 Å². The van der Waals surface area contributed by atoms with Crippen LogP contribution in [0.25, 0.3) is 0 Å². The SMILES string of the molecule is CC(C)[C@H](NS(=O)(=O)c1ccccc1F)C(=O)Oc1ccc(NC(=O)c2cccs2)cc1. The molecule has 0 aliphatic carbocycles. The molecule has 3 aromatic rings. The Bertz CT molecular complexity index is 1190. The molecular weight excluding hydrogens is 455 g/mol. The molecule has 1 atom stereocenters. The number of sulfonamides is 1. The maximum atomic E-state index is 13.9. The summed E-state index contributed by atoms with van der Waals surface area (Å²) in [6, 6.07) is 13.2. The molecule has 10 heteroatoms. The molecule has 0 aliphatic heterocycles. The van der Waals surface area contributed by atoms with Gasteiger partial charge in [-0.15, -0.1) is 11.3 Å². The maximum absolute atomic E-state index is 13.9. The highest BCUT2D eigenvalue weighted by atomic mass is 32.2. The van der Waals surface area contributed by atoms with Crippen molar-refractivity contribution in [3.05, 3.63) is 76.7 Å². The molecule has 0 radical (unpaired) electrons. The number of carbonyl (C=O) groups is 2. The van der Waals surface area contributed by atoms with Crippen molar-refractivity contribution in [1.82, 2.24) is 4.72 Å². The number of anilines is 1. The zero-order chi connectivity index (χ0) is 23.3. The molecule has 3 rings (SSSR count). The number of benzene rings is 2. The molecular formula is C22H21FN2O5S2. The van der Waals surface area contributed by atoms with Crippen LogP contribution in [0.15, 0.2) is 70.9 Å². The van der Waals surface area contributed by atoms with Crippen molar-refractivity contribution in [2.45, 2.75) is 24.8 Å². The monoisotopic (exact) mass is 476 g/mol. The van der Waals surface area contributed by atoms with Crippen LogP contribution in [0.1, 0.15) is 23.5 Å².